The van der Waals surface area contributed by atoms with Gasteiger partial charge in [-0.05, 0) is 39.0 Å². The Kier molecular flexibility index (Phi) is 6.90. The second kappa shape index (κ2) is 6.86. The molecule has 0 aromatic heterocycles. The maximum atomic E-state index is 11.4. The van der Waals surface area contributed by atoms with E-state index in [0.717, 1.165) is 19.3 Å². The molecule has 0 fully saturated rings. The average molecular weight is 302 g/mol. The van der Waals surface area contributed by atoms with Crippen LogP contribution in [0.2, 0.25) is 0 Å². The molecule has 2 nitrogen and oxygen atoms in total. The molecule has 0 N–H and O–H groups in total. The fourth-order valence-electron chi connectivity index (χ4n) is 1.33. The van der Waals surface area contributed by atoms with E-state index in [-0.39, 0.29) is 0 Å². The molecule has 0 aliphatic carbocycles. The van der Waals surface area contributed by atoms with E-state index in [1.807, 2.05) is 6.08 Å². The van der Waals surface area contributed by atoms with E-state index >= 15 is 0 Å². The van der Waals surface area contributed by atoms with Gasteiger partial charge in [0, 0.05) is 0 Å². The second-order valence-electron chi connectivity index (χ2n) is 4.75. The Balaban J connectivity index is 4.12. The molecule has 5 heteroatoms. The Labute approximate surface area is 118 Å². The van der Waals surface area contributed by atoms with Gasteiger partial charge in [-0.25, -0.2) is 4.79 Å². The third kappa shape index (κ3) is 7.91. The highest BCUT2D eigenvalue weighted by molar-refractivity contribution is 6.75. The van der Waals surface area contributed by atoms with E-state index in [9.17, 15) is 4.79 Å². The van der Waals surface area contributed by atoms with E-state index in [1.54, 1.807) is 13.8 Å². The Morgan fingerprint density at radius 2 is 1.94 bits per heavy atom. The zero-order valence-electron chi connectivity index (χ0n) is 10.4. The zero-order valence-corrected chi connectivity index (χ0v) is 12.7. The van der Waals surface area contributed by atoms with Crippen LogP contribution in [0.4, 0.5) is 0 Å². The standard InChI is InChI=1S/C12H19Cl3O2/c1-5-9(2)7-6-8-11(3,4)17-10(16)12(13,14)15/h5,9H,1,6-8H2,2-4H3. The van der Waals surface area contributed by atoms with Gasteiger partial charge in [0.2, 0.25) is 0 Å². The zero-order chi connectivity index (χ0) is 13.7. The first-order valence-electron chi connectivity index (χ1n) is 5.51. The van der Waals surface area contributed by atoms with Crippen LogP contribution in [0.15, 0.2) is 12.7 Å². The molecule has 0 saturated heterocycles. The van der Waals surface area contributed by atoms with Crippen LogP contribution in [-0.4, -0.2) is 15.4 Å². The number of alkyl halides is 3. The summed E-state index contributed by atoms with van der Waals surface area (Å²) in [5.41, 5.74) is -0.623. The minimum Gasteiger partial charge on any atom is -0.457 e. The number of rotatable bonds is 6. The molecule has 0 aromatic carbocycles. The van der Waals surface area contributed by atoms with Crippen LogP contribution < -0.4 is 0 Å². The van der Waals surface area contributed by atoms with Crippen molar-refractivity contribution >= 4 is 40.8 Å². The minimum atomic E-state index is -2.01. The summed E-state index contributed by atoms with van der Waals surface area (Å²) < 4.78 is 3.15. The first-order valence-corrected chi connectivity index (χ1v) is 6.64. The Morgan fingerprint density at radius 3 is 2.35 bits per heavy atom. The topological polar surface area (TPSA) is 26.3 Å². The summed E-state index contributed by atoms with van der Waals surface area (Å²) in [5.74, 6) is -0.376. The van der Waals surface area contributed by atoms with Crippen molar-refractivity contribution in [1.29, 1.82) is 0 Å². The third-order valence-corrected chi connectivity index (χ3v) is 2.90. The van der Waals surface area contributed by atoms with Crippen molar-refractivity contribution in [2.45, 2.75) is 49.4 Å². The largest absolute Gasteiger partial charge is 0.457 e. The van der Waals surface area contributed by atoms with Crippen molar-refractivity contribution in [3.05, 3.63) is 12.7 Å². The van der Waals surface area contributed by atoms with Crippen LogP contribution >= 0.6 is 34.8 Å². The lowest BCUT2D eigenvalue weighted by Crippen LogP contribution is -2.34. The Morgan fingerprint density at radius 1 is 1.41 bits per heavy atom. The van der Waals surface area contributed by atoms with Crippen molar-refractivity contribution in [3.8, 4) is 0 Å². The summed E-state index contributed by atoms with van der Waals surface area (Å²) in [6.07, 6.45) is 4.55. The molecular formula is C12H19Cl3O2. The molecule has 0 spiro atoms. The summed E-state index contributed by atoms with van der Waals surface area (Å²) in [6, 6.07) is 0. The van der Waals surface area contributed by atoms with Gasteiger partial charge in [0.05, 0.1) is 0 Å². The number of allylic oxidation sites excluding steroid dienone is 1. The number of carbonyl (C=O) groups excluding carboxylic acids is 1. The van der Waals surface area contributed by atoms with Crippen LogP contribution in [-0.2, 0) is 9.53 Å². The third-order valence-electron chi connectivity index (χ3n) is 2.44. The summed E-state index contributed by atoms with van der Waals surface area (Å²) in [7, 11) is 0. The summed E-state index contributed by atoms with van der Waals surface area (Å²) in [6.45, 7) is 9.42. The maximum Gasteiger partial charge on any atom is 0.359 e. The van der Waals surface area contributed by atoms with E-state index in [4.69, 9.17) is 39.5 Å². The number of carbonyl (C=O) groups is 1. The molecule has 0 aliphatic rings. The average Bonchev–Trinajstić information content (AvgIpc) is 2.14. The highest BCUT2D eigenvalue weighted by Gasteiger charge is 2.36. The van der Waals surface area contributed by atoms with Crippen LogP contribution in [0.5, 0.6) is 0 Å². The second-order valence-corrected chi connectivity index (χ2v) is 7.03. The minimum absolute atomic E-state index is 0.453. The number of ether oxygens (including phenoxy) is 1. The molecule has 1 unspecified atom stereocenters. The van der Waals surface area contributed by atoms with Gasteiger partial charge < -0.3 is 4.74 Å². The van der Waals surface area contributed by atoms with Gasteiger partial charge >= 0.3 is 5.97 Å². The van der Waals surface area contributed by atoms with Gasteiger partial charge in [0.15, 0.2) is 0 Å². The molecule has 0 radical (unpaired) electrons. The molecule has 17 heavy (non-hydrogen) atoms. The Hall–Kier alpha value is 0.0800. The van der Waals surface area contributed by atoms with Gasteiger partial charge in [0.1, 0.15) is 5.60 Å². The number of halogens is 3. The first kappa shape index (κ1) is 17.1. The van der Waals surface area contributed by atoms with Gasteiger partial charge in [-0.3, -0.25) is 0 Å². The van der Waals surface area contributed by atoms with Crippen molar-refractivity contribution < 1.29 is 9.53 Å². The smallest absolute Gasteiger partial charge is 0.359 e. The summed E-state index contributed by atoms with van der Waals surface area (Å²) in [4.78, 5) is 11.4. The predicted molar refractivity (Wildman–Crippen MR) is 73.7 cm³/mol. The molecule has 0 rings (SSSR count). The quantitative estimate of drug-likeness (QED) is 0.405. The number of hydrogen-bond donors (Lipinski definition) is 0. The van der Waals surface area contributed by atoms with Crippen LogP contribution in [0.25, 0.3) is 0 Å². The van der Waals surface area contributed by atoms with E-state index in [1.165, 1.54) is 0 Å². The molecule has 0 heterocycles. The van der Waals surface area contributed by atoms with Gasteiger partial charge in [-0.2, -0.15) is 0 Å². The predicted octanol–water partition coefficient (Wildman–Crippen LogP) is 4.67. The Bertz CT molecular complexity index is 269. The lowest BCUT2D eigenvalue weighted by molar-refractivity contribution is -0.156. The number of esters is 1. The lowest BCUT2D eigenvalue weighted by Gasteiger charge is -2.27. The molecular weight excluding hydrogens is 282 g/mol. The van der Waals surface area contributed by atoms with Crippen molar-refractivity contribution in [2.24, 2.45) is 5.92 Å². The fraction of sp³-hybridized carbons (Fsp3) is 0.750. The molecule has 1 atom stereocenters. The summed E-state index contributed by atoms with van der Waals surface area (Å²) >= 11 is 16.3. The fourth-order valence-corrected chi connectivity index (χ4v) is 1.44. The number of hydrogen-bond acceptors (Lipinski definition) is 2. The highest BCUT2D eigenvalue weighted by Crippen LogP contribution is 2.31. The van der Waals surface area contributed by atoms with Crippen molar-refractivity contribution in [1.82, 2.24) is 0 Å². The van der Waals surface area contributed by atoms with Crippen molar-refractivity contribution in [2.75, 3.05) is 0 Å². The monoisotopic (exact) mass is 300 g/mol. The molecule has 0 saturated carbocycles. The van der Waals surface area contributed by atoms with Gasteiger partial charge in [-0.1, -0.05) is 47.8 Å². The lowest BCUT2D eigenvalue weighted by atomic mass is 9.97. The highest BCUT2D eigenvalue weighted by atomic mass is 35.6. The SMILES string of the molecule is C=CC(C)CCCC(C)(C)OC(=O)C(Cl)(Cl)Cl. The van der Waals surface area contributed by atoms with Crippen LogP contribution in [0, 0.1) is 5.92 Å². The van der Waals surface area contributed by atoms with Gasteiger partial charge in [0.25, 0.3) is 3.79 Å². The van der Waals surface area contributed by atoms with Crippen molar-refractivity contribution in [3.63, 3.8) is 0 Å². The van der Waals surface area contributed by atoms with Crippen LogP contribution in [0.3, 0.4) is 0 Å². The molecule has 100 valence electrons. The maximum absolute atomic E-state index is 11.4. The molecule has 0 bridgehead atoms. The molecule has 0 aliphatic heterocycles. The normalized spacial score (nSPS) is 14.2. The first-order chi connectivity index (χ1) is 7.58. The van der Waals surface area contributed by atoms with E-state index < -0.39 is 15.4 Å². The van der Waals surface area contributed by atoms with E-state index in [0.29, 0.717) is 5.92 Å². The van der Waals surface area contributed by atoms with Crippen LogP contribution in [0.1, 0.15) is 40.0 Å². The van der Waals surface area contributed by atoms with E-state index in [2.05, 4.69) is 13.5 Å². The summed E-state index contributed by atoms with van der Waals surface area (Å²) in [5, 5.41) is 0. The molecule has 0 aromatic rings. The molecule has 0 amide bonds. The van der Waals surface area contributed by atoms with Gasteiger partial charge in [-0.15, -0.1) is 6.58 Å².